The Morgan fingerprint density at radius 1 is 1.33 bits per heavy atom. The summed E-state index contributed by atoms with van der Waals surface area (Å²) in [5, 5.41) is 10.7. The van der Waals surface area contributed by atoms with Crippen molar-refractivity contribution in [3.05, 3.63) is 0 Å². The molecule has 1 nitrogen and oxygen atoms in total. The van der Waals surface area contributed by atoms with Crippen LogP contribution in [0.4, 0.5) is 0 Å². The number of rotatable bonds is 4. The topological polar surface area (TPSA) is 23.1 Å². The van der Waals surface area contributed by atoms with E-state index >= 15 is 0 Å². The quantitative estimate of drug-likeness (QED) is 0.444. The molecule has 0 rings (SSSR count). The van der Waals surface area contributed by atoms with Gasteiger partial charge in [-0.15, -0.1) is 6.10 Å². The average molecular weight is 154 g/mol. The van der Waals surface area contributed by atoms with E-state index in [4.69, 9.17) is 0 Å². The van der Waals surface area contributed by atoms with Gasteiger partial charge in [-0.25, -0.2) is 0 Å². The summed E-state index contributed by atoms with van der Waals surface area (Å²) in [5.41, 5.74) is 0. The van der Waals surface area contributed by atoms with Crippen LogP contribution in [0.2, 0.25) is 0 Å². The van der Waals surface area contributed by atoms with E-state index in [1.165, 1.54) is 0 Å². The van der Waals surface area contributed by atoms with Crippen LogP contribution in [0, 0.1) is 0 Å². The first-order valence-corrected chi connectivity index (χ1v) is 3.47. The van der Waals surface area contributed by atoms with Crippen LogP contribution in [0.1, 0.15) is 39.5 Å². The Hall–Kier alpha value is 1.60. The molecular formula is C7H15KO. The van der Waals surface area contributed by atoms with Gasteiger partial charge in [0, 0.05) is 0 Å². The van der Waals surface area contributed by atoms with Gasteiger partial charge in [0.25, 0.3) is 0 Å². The molecule has 0 aliphatic heterocycles. The van der Waals surface area contributed by atoms with Crippen molar-refractivity contribution in [1.82, 2.24) is 0 Å². The molecule has 0 saturated heterocycles. The van der Waals surface area contributed by atoms with Crippen LogP contribution >= 0.6 is 0 Å². The van der Waals surface area contributed by atoms with Crippen molar-refractivity contribution in [3.8, 4) is 0 Å². The molecule has 0 aliphatic rings. The third kappa shape index (κ3) is 9.60. The second-order valence-electron chi connectivity index (χ2n) is 2.17. The molecule has 0 amide bonds. The fourth-order valence-electron chi connectivity index (χ4n) is 0.636. The molecule has 1 atom stereocenters. The molecule has 0 fully saturated rings. The molecule has 9 heavy (non-hydrogen) atoms. The van der Waals surface area contributed by atoms with E-state index in [0.717, 1.165) is 25.7 Å². The van der Waals surface area contributed by atoms with E-state index in [0.29, 0.717) is 0 Å². The fraction of sp³-hybridized carbons (Fsp3) is 1.00. The minimum absolute atomic E-state index is 0. The van der Waals surface area contributed by atoms with E-state index in [1.807, 2.05) is 6.92 Å². The molecule has 0 spiro atoms. The summed E-state index contributed by atoms with van der Waals surface area (Å²) in [6, 6.07) is 0. The van der Waals surface area contributed by atoms with E-state index in [9.17, 15) is 5.11 Å². The zero-order valence-corrected chi connectivity index (χ0v) is 9.94. The summed E-state index contributed by atoms with van der Waals surface area (Å²) in [6.07, 6.45) is 3.61. The number of unbranched alkanes of at least 4 members (excludes halogenated alkanes) is 1. The van der Waals surface area contributed by atoms with Crippen molar-refractivity contribution in [2.45, 2.75) is 45.6 Å². The predicted octanol–water partition coefficient (Wildman–Crippen LogP) is -1.68. The van der Waals surface area contributed by atoms with Gasteiger partial charge in [-0.2, -0.15) is 0 Å². The molecule has 1 unspecified atom stereocenters. The number of hydrogen-bond acceptors (Lipinski definition) is 1. The molecule has 0 aliphatic carbocycles. The summed E-state index contributed by atoms with van der Waals surface area (Å²) in [4.78, 5) is 0. The van der Waals surface area contributed by atoms with Crippen LogP contribution in [0.25, 0.3) is 0 Å². The van der Waals surface area contributed by atoms with Crippen molar-refractivity contribution in [2.24, 2.45) is 0 Å². The molecular weight excluding hydrogens is 139 g/mol. The average Bonchev–Trinajstić information content (AvgIpc) is 1.83. The maximum Gasteiger partial charge on any atom is 1.00 e. The summed E-state index contributed by atoms with van der Waals surface area (Å²) >= 11 is 0. The Morgan fingerprint density at radius 2 is 1.89 bits per heavy atom. The van der Waals surface area contributed by atoms with Crippen LogP contribution in [-0.2, 0) is 0 Å². The third-order valence-corrected chi connectivity index (χ3v) is 1.33. The summed E-state index contributed by atoms with van der Waals surface area (Å²) in [7, 11) is 0. The SMILES string of the molecule is CCCCC([O-])CC.[K+]. The Labute approximate surface area is 101 Å². The second kappa shape index (κ2) is 9.60. The van der Waals surface area contributed by atoms with Gasteiger partial charge in [-0.05, 0) is 0 Å². The smallest absolute Gasteiger partial charge is 0.852 e. The molecule has 0 N–H and O–H groups in total. The molecule has 0 aromatic rings. The summed E-state index contributed by atoms with van der Waals surface area (Å²) in [6.45, 7) is 4.07. The standard InChI is InChI=1S/C7H15O.K/c1-3-5-6-7(8)4-2;/h7H,3-6H2,1-2H3;/q-1;+1. The van der Waals surface area contributed by atoms with Crippen molar-refractivity contribution in [3.63, 3.8) is 0 Å². The molecule has 0 radical (unpaired) electrons. The Bertz CT molecular complexity index is 48.2. The maximum atomic E-state index is 10.7. The van der Waals surface area contributed by atoms with Gasteiger partial charge in [0.15, 0.2) is 0 Å². The molecule has 50 valence electrons. The van der Waals surface area contributed by atoms with E-state index in [-0.39, 0.29) is 57.5 Å². The van der Waals surface area contributed by atoms with Gasteiger partial charge in [0.1, 0.15) is 0 Å². The predicted molar refractivity (Wildman–Crippen MR) is 33.6 cm³/mol. The first-order valence-electron chi connectivity index (χ1n) is 3.47. The Balaban J connectivity index is 0. The molecule has 0 aromatic carbocycles. The fourth-order valence-corrected chi connectivity index (χ4v) is 0.636. The van der Waals surface area contributed by atoms with Crippen LogP contribution in [-0.4, -0.2) is 6.10 Å². The molecule has 0 bridgehead atoms. The normalized spacial score (nSPS) is 12.3. The van der Waals surface area contributed by atoms with Crippen LogP contribution < -0.4 is 56.5 Å². The molecule has 0 saturated carbocycles. The molecule has 0 aromatic heterocycles. The van der Waals surface area contributed by atoms with Gasteiger partial charge in [-0.3, -0.25) is 0 Å². The zero-order chi connectivity index (χ0) is 6.41. The monoisotopic (exact) mass is 154 g/mol. The first-order chi connectivity index (χ1) is 3.81. The third-order valence-electron chi connectivity index (χ3n) is 1.33. The van der Waals surface area contributed by atoms with Crippen LogP contribution in [0.3, 0.4) is 0 Å². The van der Waals surface area contributed by atoms with Gasteiger partial charge >= 0.3 is 51.4 Å². The zero-order valence-electron chi connectivity index (χ0n) is 6.81. The second-order valence-corrected chi connectivity index (χ2v) is 2.17. The Kier molecular flexibility index (Phi) is 14.1. The van der Waals surface area contributed by atoms with Crippen LogP contribution in [0.5, 0.6) is 0 Å². The van der Waals surface area contributed by atoms with Crippen molar-refractivity contribution < 1.29 is 56.5 Å². The van der Waals surface area contributed by atoms with Crippen molar-refractivity contribution >= 4 is 0 Å². The van der Waals surface area contributed by atoms with Gasteiger partial charge < -0.3 is 5.11 Å². The van der Waals surface area contributed by atoms with Crippen LogP contribution in [0.15, 0.2) is 0 Å². The minimum atomic E-state index is -0.296. The van der Waals surface area contributed by atoms with E-state index < -0.39 is 0 Å². The van der Waals surface area contributed by atoms with Gasteiger partial charge in [0.05, 0.1) is 0 Å². The first kappa shape index (κ1) is 13.2. The van der Waals surface area contributed by atoms with Crippen molar-refractivity contribution in [2.75, 3.05) is 0 Å². The molecule has 2 heteroatoms. The van der Waals surface area contributed by atoms with E-state index in [2.05, 4.69) is 6.92 Å². The largest absolute Gasteiger partial charge is 1.00 e. The minimum Gasteiger partial charge on any atom is -0.852 e. The van der Waals surface area contributed by atoms with Gasteiger partial charge in [-0.1, -0.05) is 39.5 Å². The Morgan fingerprint density at radius 3 is 2.22 bits per heavy atom. The molecule has 0 heterocycles. The number of hydrogen-bond donors (Lipinski definition) is 0. The van der Waals surface area contributed by atoms with Gasteiger partial charge in [0.2, 0.25) is 0 Å². The maximum absolute atomic E-state index is 10.7. The van der Waals surface area contributed by atoms with E-state index in [1.54, 1.807) is 0 Å². The summed E-state index contributed by atoms with van der Waals surface area (Å²) in [5.74, 6) is 0. The summed E-state index contributed by atoms with van der Waals surface area (Å²) < 4.78 is 0. The van der Waals surface area contributed by atoms with Crippen molar-refractivity contribution in [1.29, 1.82) is 0 Å².